The van der Waals surface area contributed by atoms with Crippen molar-refractivity contribution >= 4 is 23.3 Å². The number of amides is 3. The van der Waals surface area contributed by atoms with Crippen molar-refractivity contribution in [1.82, 2.24) is 5.32 Å². The Labute approximate surface area is 129 Å². The zero-order valence-electron chi connectivity index (χ0n) is 12.6. The highest BCUT2D eigenvalue weighted by Crippen LogP contribution is 2.15. The first kappa shape index (κ1) is 15.6. The molecule has 22 heavy (non-hydrogen) atoms. The van der Waals surface area contributed by atoms with E-state index in [2.05, 4.69) is 16.0 Å². The predicted octanol–water partition coefficient (Wildman–Crippen LogP) is 3.06. The SMILES string of the molecule is Cc1ccc(C)c(NC(=O)CNC(=O)Nc2ccccc2)c1. The molecular formula is C17H19N3O2. The minimum absolute atomic E-state index is 0.0912. The normalized spacial score (nSPS) is 9.91. The van der Waals surface area contributed by atoms with Gasteiger partial charge in [-0.15, -0.1) is 0 Å². The monoisotopic (exact) mass is 297 g/mol. The molecule has 0 aliphatic heterocycles. The molecule has 0 heterocycles. The van der Waals surface area contributed by atoms with E-state index >= 15 is 0 Å². The fraction of sp³-hybridized carbons (Fsp3) is 0.176. The van der Waals surface area contributed by atoms with Gasteiger partial charge in [-0.3, -0.25) is 4.79 Å². The molecule has 0 aromatic heterocycles. The van der Waals surface area contributed by atoms with E-state index in [4.69, 9.17) is 0 Å². The van der Waals surface area contributed by atoms with E-state index in [-0.39, 0.29) is 12.5 Å². The molecule has 0 unspecified atom stereocenters. The molecule has 5 nitrogen and oxygen atoms in total. The van der Waals surface area contributed by atoms with Crippen LogP contribution in [0.5, 0.6) is 0 Å². The van der Waals surface area contributed by atoms with Gasteiger partial charge in [0.2, 0.25) is 5.91 Å². The number of carbonyl (C=O) groups excluding carboxylic acids is 2. The van der Waals surface area contributed by atoms with Crippen LogP contribution in [0.1, 0.15) is 11.1 Å². The highest BCUT2D eigenvalue weighted by Gasteiger charge is 2.07. The number of anilines is 2. The summed E-state index contributed by atoms with van der Waals surface area (Å²) in [5.74, 6) is -0.267. The number of urea groups is 1. The van der Waals surface area contributed by atoms with E-state index in [0.717, 1.165) is 16.8 Å². The highest BCUT2D eigenvalue weighted by atomic mass is 16.2. The molecule has 0 radical (unpaired) electrons. The smallest absolute Gasteiger partial charge is 0.319 e. The van der Waals surface area contributed by atoms with E-state index < -0.39 is 6.03 Å². The molecule has 0 spiro atoms. The van der Waals surface area contributed by atoms with E-state index in [9.17, 15) is 9.59 Å². The van der Waals surface area contributed by atoms with Crippen molar-refractivity contribution in [2.75, 3.05) is 17.2 Å². The maximum atomic E-state index is 11.9. The number of carbonyl (C=O) groups is 2. The lowest BCUT2D eigenvalue weighted by Gasteiger charge is -2.10. The standard InChI is InChI=1S/C17H19N3O2/c1-12-8-9-13(2)15(10-12)20-16(21)11-18-17(22)19-14-6-4-3-5-7-14/h3-10H,11H2,1-2H3,(H,20,21)(H2,18,19,22). The van der Waals surface area contributed by atoms with Crippen molar-refractivity contribution in [3.05, 3.63) is 59.7 Å². The quantitative estimate of drug-likeness (QED) is 0.811. The summed E-state index contributed by atoms with van der Waals surface area (Å²) < 4.78 is 0. The van der Waals surface area contributed by atoms with Crippen molar-refractivity contribution in [2.45, 2.75) is 13.8 Å². The van der Waals surface area contributed by atoms with Gasteiger partial charge in [0.15, 0.2) is 0 Å². The summed E-state index contributed by atoms with van der Waals surface area (Å²) in [6, 6.07) is 14.5. The molecule has 0 bridgehead atoms. The Morgan fingerprint density at radius 1 is 0.955 bits per heavy atom. The Kier molecular flexibility index (Phi) is 5.14. The van der Waals surface area contributed by atoms with Crippen LogP contribution in [0.15, 0.2) is 48.5 Å². The van der Waals surface area contributed by atoms with E-state index in [1.54, 1.807) is 12.1 Å². The summed E-state index contributed by atoms with van der Waals surface area (Å²) >= 11 is 0. The van der Waals surface area contributed by atoms with E-state index in [1.165, 1.54) is 0 Å². The molecule has 2 aromatic rings. The molecule has 0 aliphatic rings. The zero-order chi connectivity index (χ0) is 15.9. The third-order valence-electron chi connectivity index (χ3n) is 3.11. The fourth-order valence-corrected chi connectivity index (χ4v) is 1.92. The minimum Gasteiger partial charge on any atom is -0.329 e. The first-order valence-corrected chi connectivity index (χ1v) is 7.01. The zero-order valence-corrected chi connectivity index (χ0v) is 12.6. The van der Waals surface area contributed by atoms with Gasteiger partial charge >= 0.3 is 6.03 Å². The number of hydrogen-bond donors (Lipinski definition) is 3. The molecule has 2 rings (SSSR count). The van der Waals surface area contributed by atoms with Crippen LogP contribution in [0, 0.1) is 13.8 Å². The summed E-state index contributed by atoms with van der Waals surface area (Å²) in [5.41, 5.74) is 3.48. The minimum atomic E-state index is -0.415. The van der Waals surface area contributed by atoms with Gasteiger partial charge in [-0.25, -0.2) is 4.79 Å². The van der Waals surface area contributed by atoms with E-state index in [1.807, 2.05) is 50.2 Å². The van der Waals surface area contributed by atoms with Gasteiger partial charge in [0, 0.05) is 11.4 Å². The van der Waals surface area contributed by atoms with Crippen LogP contribution in [0.2, 0.25) is 0 Å². The highest BCUT2D eigenvalue weighted by molar-refractivity contribution is 5.97. The first-order valence-electron chi connectivity index (χ1n) is 7.01. The maximum Gasteiger partial charge on any atom is 0.319 e. The third-order valence-corrected chi connectivity index (χ3v) is 3.11. The van der Waals surface area contributed by atoms with Gasteiger partial charge in [0.1, 0.15) is 0 Å². The molecule has 3 N–H and O–H groups in total. The van der Waals surface area contributed by atoms with Gasteiger partial charge in [-0.2, -0.15) is 0 Å². The number of aryl methyl sites for hydroxylation is 2. The van der Waals surface area contributed by atoms with Crippen LogP contribution in [-0.4, -0.2) is 18.5 Å². The molecule has 5 heteroatoms. The number of nitrogens with one attached hydrogen (secondary N) is 3. The Bertz CT molecular complexity index is 669. The van der Waals surface area contributed by atoms with Crippen molar-refractivity contribution in [3.8, 4) is 0 Å². The molecule has 0 saturated carbocycles. The summed E-state index contributed by atoms with van der Waals surface area (Å²) in [6.45, 7) is 3.79. The van der Waals surface area contributed by atoms with Crippen molar-refractivity contribution < 1.29 is 9.59 Å². The largest absolute Gasteiger partial charge is 0.329 e. The number of hydrogen-bond acceptors (Lipinski definition) is 2. The second-order valence-electron chi connectivity index (χ2n) is 5.04. The van der Waals surface area contributed by atoms with Crippen LogP contribution in [0.4, 0.5) is 16.2 Å². The van der Waals surface area contributed by atoms with Crippen molar-refractivity contribution in [3.63, 3.8) is 0 Å². The fourth-order valence-electron chi connectivity index (χ4n) is 1.92. The van der Waals surface area contributed by atoms with Gasteiger partial charge < -0.3 is 16.0 Å². The second kappa shape index (κ2) is 7.26. The molecule has 0 atom stereocenters. The Hall–Kier alpha value is -2.82. The molecule has 0 aliphatic carbocycles. The van der Waals surface area contributed by atoms with Crippen LogP contribution in [-0.2, 0) is 4.79 Å². The number of rotatable bonds is 4. The molecular weight excluding hydrogens is 278 g/mol. The Morgan fingerprint density at radius 3 is 2.41 bits per heavy atom. The average molecular weight is 297 g/mol. The lowest BCUT2D eigenvalue weighted by molar-refractivity contribution is -0.115. The molecule has 114 valence electrons. The summed E-state index contributed by atoms with van der Waals surface area (Å²) in [7, 11) is 0. The molecule has 0 saturated heterocycles. The van der Waals surface area contributed by atoms with Crippen LogP contribution < -0.4 is 16.0 Å². The lowest BCUT2D eigenvalue weighted by Crippen LogP contribution is -2.35. The van der Waals surface area contributed by atoms with Crippen molar-refractivity contribution in [1.29, 1.82) is 0 Å². The number of benzene rings is 2. The molecule has 3 amide bonds. The lowest BCUT2D eigenvalue weighted by atomic mass is 10.1. The summed E-state index contributed by atoms with van der Waals surface area (Å²) in [6.07, 6.45) is 0. The third kappa shape index (κ3) is 4.63. The Balaban J connectivity index is 1.82. The Morgan fingerprint density at radius 2 is 1.68 bits per heavy atom. The van der Waals surface area contributed by atoms with Crippen LogP contribution >= 0.6 is 0 Å². The van der Waals surface area contributed by atoms with Crippen molar-refractivity contribution in [2.24, 2.45) is 0 Å². The van der Waals surface area contributed by atoms with Gasteiger partial charge in [0.25, 0.3) is 0 Å². The average Bonchev–Trinajstić information content (AvgIpc) is 2.50. The van der Waals surface area contributed by atoms with Gasteiger partial charge in [-0.05, 0) is 43.2 Å². The second-order valence-corrected chi connectivity index (χ2v) is 5.04. The maximum absolute atomic E-state index is 11.9. The van der Waals surface area contributed by atoms with Crippen LogP contribution in [0.3, 0.4) is 0 Å². The van der Waals surface area contributed by atoms with Crippen LogP contribution in [0.25, 0.3) is 0 Å². The summed E-state index contributed by atoms with van der Waals surface area (Å²) in [4.78, 5) is 23.6. The number of para-hydroxylation sites is 1. The van der Waals surface area contributed by atoms with E-state index in [0.29, 0.717) is 5.69 Å². The summed E-state index contributed by atoms with van der Waals surface area (Å²) in [5, 5.41) is 7.96. The molecule has 2 aromatic carbocycles. The molecule has 0 fully saturated rings. The van der Waals surface area contributed by atoms with Gasteiger partial charge in [0.05, 0.1) is 6.54 Å². The predicted molar refractivity (Wildman–Crippen MR) is 88.0 cm³/mol. The topological polar surface area (TPSA) is 70.2 Å². The van der Waals surface area contributed by atoms with Gasteiger partial charge in [-0.1, -0.05) is 30.3 Å². The first-order chi connectivity index (χ1) is 10.5.